The molecule has 18 heavy (non-hydrogen) atoms. The minimum atomic E-state index is 0.727. The van der Waals surface area contributed by atoms with Gasteiger partial charge >= 0.3 is 0 Å². The van der Waals surface area contributed by atoms with E-state index in [1.54, 1.807) is 0 Å². The Balaban J connectivity index is 1.86. The molecule has 0 saturated heterocycles. The van der Waals surface area contributed by atoms with Crippen LogP contribution in [0.2, 0.25) is 0 Å². The summed E-state index contributed by atoms with van der Waals surface area (Å²) in [6.45, 7) is 5.67. The Labute approximate surface area is 112 Å². The highest BCUT2D eigenvalue weighted by molar-refractivity contribution is 4.90. The van der Waals surface area contributed by atoms with Gasteiger partial charge in [0.05, 0.1) is 6.61 Å². The van der Waals surface area contributed by atoms with Crippen LogP contribution < -0.4 is 5.32 Å². The SMILES string of the molecule is CNC1CCC(C)CC1CN(CCOC)C1CC1. The lowest BCUT2D eigenvalue weighted by atomic mass is 9.78. The van der Waals surface area contributed by atoms with Gasteiger partial charge in [0.2, 0.25) is 0 Å². The normalized spacial score (nSPS) is 33.0. The molecule has 0 aromatic rings. The van der Waals surface area contributed by atoms with Crippen LogP contribution in [0.25, 0.3) is 0 Å². The third kappa shape index (κ3) is 3.94. The molecule has 2 saturated carbocycles. The summed E-state index contributed by atoms with van der Waals surface area (Å²) in [4.78, 5) is 2.68. The summed E-state index contributed by atoms with van der Waals surface area (Å²) < 4.78 is 5.26. The van der Waals surface area contributed by atoms with E-state index in [0.717, 1.165) is 37.1 Å². The van der Waals surface area contributed by atoms with E-state index in [4.69, 9.17) is 4.74 Å². The number of nitrogens with zero attached hydrogens (tertiary/aromatic N) is 1. The summed E-state index contributed by atoms with van der Waals surface area (Å²) in [5.74, 6) is 1.74. The van der Waals surface area contributed by atoms with E-state index in [2.05, 4.69) is 24.2 Å². The van der Waals surface area contributed by atoms with Gasteiger partial charge in [0.15, 0.2) is 0 Å². The Kier molecular flexibility index (Phi) is 5.46. The molecular formula is C15H30N2O. The van der Waals surface area contributed by atoms with E-state index in [-0.39, 0.29) is 0 Å². The van der Waals surface area contributed by atoms with Gasteiger partial charge in [0.25, 0.3) is 0 Å². The van der Waals surface area contributed by atoms with Gasteiger partial charge in [0, 0.05) is 32.3 Å². The average molecular weight is 254 g/mol. The Bertz CT molecular complexity index is 243. The molecule has 2 aliphatic rings. The van der Waals surface area contributed by atoms with E-state index in [1.807, 2.05) is 7.11 Å². The van der Waals surface area contributed by atoms with E-state index in [0.29, 0.717) is 0 Å². The molecule has 0 spiro atoms. The summed E-state index contributed by atoms with van der Waals surface area (Å²) in [6, 6.07) is 1.58. The van der Waals surface area contributed by atoms with E-state index in [1.165, 1.54) is 38.6 Å². The van der Waals surface area contributed by atoms with Gasteiger partial charge in [-0.25, -0.2) is 0 Å². The monoisotopic (exact) mass is 254 g/mol. The van der Waals surface area contributed by atoms with Crippen LogP contribution in [-0.4, -0.2) is 50.8 Å². The van der Waals surface area contributed by atoms with Gasteiger partial charge in [0.1, 0.15) is 0 Å². The number of ether oxygens (including phenoxy) is 1. The number of hydrogen-bond acceptors (Lipinski definition) is 3. The molecule has 0 aromatic heterocycles. The first-order chi connectivity index (χ1) is 8.74. The van der Waals surface area contributed by atoms with E-state index >= 15 is 0 Å². The van der Waals surface area contributed by atoms with Crippen molar-refractivity contribution in [2.75, 3.05) is 33.9 Å². The topological polar surface area (TPSA) is 24.5 Å². The molecule has 0 heterocycles. The van der Waals surface area contributed by atoms with Crippen LogP contribution in [0, 0.1) is 11.8 Å². The van der Waals surface area contributed by atoms with Crippen molar-refractivity contribution >= 4 is 0 Å². The van der Waals surface area contributed by atoms with E-state index < -0.39 is 0 Å². The van der Waals surface area contributed by atoms with Crippen molar-refractivity contribution in [1.29, 1.82) is 0 Å². The Morgan fingerprint density at radius 3 is 2.61 bits per heavy atom. The van der Waals surface area contributed by atoms with Crippen LogP contribution in [0.1, 0.15) is 39.0 Å². The highest BCUT2D eigenvalue weighted by atomic mass is 16.5. The smallest absolute Gasteiger partial charge is 0.0589 e. The maximum absolute atomic E-state index is 5.26. The first kappa shape index (κ1) is 14.3. The second-order valence-corrected chi connectivity index (χ2v) is 6.29. The molecule has 1 N–H and O–H groups in total. The predicted molar refractivity (Wildman–Crippen MR) is 75.8 cm³/mol. The number of hydrogen-bond donors (Lipinski definition) is 1. The molecule has 0 bridgehead atoms. The molecular weight excluding hydrogens is 224 g/mol. The van der Waals surface area contributed by atoms with Crippen molar-refractivity contribution in [2.45, 2.75) is 51.1 Å². The van der Waals surface area contributed by atoms with Crippen LogP contribution in [0.4, 0.5) is 0 Å². The summed E-state index contributed by atoms with van der Waals surface area (Å²) in [5, 5.41) is 3.54. The van der Waals surface area contributed by atoms with Crippen molar-refractivity contribution in [1.82, 2.24) is 10.2 Å². The van der Waals surface area contributed by atoms with Gasteiger partial charge in [-0.3, -0.25) is 4.90 Å². The minimum Gasteiger partial charge on any atom is -0.383 e. The van der Waals surface area contributed by atoms with Crippen LogP contribution in [0.5, 0.6) is 0 Å². The fourth-order valence-electron chi connectivity index (χ4n) is 3.45. The van der Waals surface area contributed by atoms with Crippen molar-refractivity contribution < 1.29 is 4.74 Å². The fourth-order valence-corrected chi connectivity index (χ4v) is 3.45. The summed E-state index contributed by atoms with van der Waals surface area (Å²) in [5.41, 5.74) is 0. The quantitative estimate of drug-likeness (QED) is 0.753. The van der Waals surface area contributed by atoms with Crippen LogP contribution in [0.3, 0.4) is 0 Å². The Morgan fingerprint density at radius 1 is 1.22 bits per heavy atom. The molecule has 106 valence electrons. The predicted octanol–water partition coefficient (Wildman–Crippen LogP) is 2.12. The van der Waals surface area contributed by atoms with Crippen LogP contribution in [0.15, 0.2) is 0 Å². The van der Waals surface area contributed by atoms with Gasteiger partial charge in [-0.15, -0.1) is 0 Å². The van der Waals surface area contributed by atoms with Crippen LogP contribution >= 0.6 is 0 Å². The van der Waals surface area contributed by atoms with Crippen molar-refractivity contribution in [3.63, 3.8) is 0 Å². The summed E-state index contributed by atoms with van der Waals surface area (Å²) in [7, 11) is 3.94. The summed E-state index contributed by atoms with van der Waals surface area (Å²) in [6.07, 6.45) is 6.93. The Morgan fingerprint density at radius 2 is 2.00 bits per heavy atom. The lowest BCUT2D eigenvalue weighted by Gasteiger charge is -2.38. The first-order valence-corrected chi connectivity index (χ1v) is 7.64. The van der Waals surface area contributed by atoms with Gasteiger partial charge < -0.3 is 10.1 Å². The second kappa shape index (κ2) is 6.88. The molecule has 0 aromatic carbocycles. The Hall–Kier alpha value is -0.120. The molecule has 0 amide bonds. The standard InChI is InChI=1S/C15H30N2O/c1-12-4-7-15(16-2)13(10-12)11-17(8-9-18-3)14-5-6-14/h12-16H,4-11H2,1-3H3. The van der Waals surface area contributed by atoms with Gasteiger partial charge in [-0.2, -0.15) is 0 Å². The first-order valence-electron chi connectivity index (χ1n) is 7.64. The highest BCUT2D eigenvalue weighted by Gasteiger charge is 2.34. The lowest BCUT2D eigenvalue weighted by Crippen LogP contribution is -2.45. The van der Waals surface area contributed by atoms with Gasteiger partial charge in [-0.1, -0.05) is 6.92 Å². The van der Waals surface area contributed by atoms with Crippen molar-refractivity contribution in [3.8, 4) is 0 Å². The average Bonchev–Trinajstić information content (AvgIpc) is 3.19. The lowest BCUT2D eigenvalue weighted by molar-refractivity contribution is 0.106. The zero-order valence-corrected chi connectivity index (χ0v) is 12.3. The zero-order valence-electron chi connectivity index (χ0n) is 12.3. The van der Waals surface area contributed by atoms with Crippen molar-refractivity contribution in [3.05, 3.63) is 0 Å². The molecule has 3 atom stereocenters. The maximum atomic E-state index is 5.26. The van der Waals surface area contributed by atoms with E-state index in [9.17, 15) is 0 Å². The minimum absolute atomic E-state index is 0.727. The number of methoxy groups -OCH3 is 1. The van der Waals surface area contributed by atoms with Gasteiger partial charge in [-0.05, 0) is 51.0 Å². The third-order valence-corrected chi connectivity index (χ3v) is 4.73. The second-order valence-electron chi connectivity index (χ2n) is 6.29. The molecule has 0 radical (unpaired) electrons. The third-order valence-electron chi connectivity index (χ3n) is 4.73. The largest absolute Gasteiger partial charge is 0.383 e. The molecule has 2 rings (SSSR count). The molecule has 2 fully saturated rings. The maximum Gasteiger partial charge on any atom is 0.0589 e. The molecule has 3 unspecified atom stereocenters. The van der Waals surface area contributed by atoms with Crippen molar-refractivity contribution in [2.24, 2.45) is 11.8 Å². The zero-order chi connectivity index (χ0) is 13.0. The fraction of sp³-hybridized carbons (Fsp3) is 1.00. The number of nitrogens with one attached hydrogen (secondary N) is 1. The summed E-state index contributed by atoms with van der Waals surface area (Å²) >= 11 is 0. The molecule has 0 aliphatic heterocycles. The molecule has 3 heteroatoms. The van der Waals surface area contributed by atoms with Crippen LogP contribution in [-0.2, 0) is 4.74 Å². The highest BCUT2D eigenvalue weighted by Crippen LogP contribution is 2.33. The molecule has 2 aliphatic carbocycles. The molecule has 3 nitrogen and oxygen atoms in total. The number of rotatable bonds is 7.